The third-order valence-corrected chi connectivity index (χ3v) is 3.50. The predicted octanol–water partition coefficient (Wildman–Crippen LogP) is 0.288. The Morgan fingerprint density at radius 3 is 3.11 bits per heavy atom. The van der Waals surface area contributed by atoms with E-state index in [0.717, 1.165) is 26.1 Å². The van der Waals surface area contributed by atoms with Crippen molar-refractivity contribution in [3.63, 3.8) is 0 Å². The molecule has 1 aromatic rings. The molecule has 0 aromatic carbocycles. The van der Waals surface area contributed by atoms with Crippen molar-refractivity contribution in [1.29, 1.82) is 0 Å². The molecule has 1 aromatic heterocycles. The molecular weight excluding hydrogens is 244 g/mol. The lowest BCUT2D eigenvalue weighted by Crippen LogP contribution is -2.47. The van der Waals surface area contributed by atoms with Crippen molar-refractivity contribution in [3.05, 3.63) is 17.5 Å². The van der Waals surface area contributed by atoms with Gasteiger partial charge in [0.25, 0.3) is 0 Å². The van der Waals surface area contributed by atoms with E-state index < -0.39 is 6.10 Å². The summed E-state index contributed by atoms with van der Waals surface area (Å²) in [5.41, 5.74) is 7.69. The Labute approximate surface area is 113 Å². The zero-order valence-electron chi connectivity index (χ0n) is 11.6. The maximum Gasteiger partial charge on any atom is 0.247 e. The average molecular weight is 266 g/mol. The molecule has 0 spiro atoms. The molecule has 2 rings (SSSR count). The molecule has 1 fully saturated rings. The van der Waals surface area contributed by atoms with E-state index in [-0.39, 0.29) is 5.91 Å². The Balaban J connectivity index is 1.98. The van der Waals surface area contributed by atoms with E-state index in [2.05, 4.69) is 23.8 Å². The van der Waals surface area contributed by atoms with E-state index in [4.69, 9.17) is 10.5 Å². The quantitative estimate of drug-likeness (QED) is 0.831. The number of carbonyl (C=O) groups is 1. The van der Waals surface area contributed by atoms with Gasteiger partial charge in [0.15, 0.2) is 0 Å². The Morgan fingerprint density at radius 1 is 1.63 bits per heavy atom. The number of hydrogen-bond acceptors (Lipinski definition) is 4. The maximum atomic E-state index is 11.2. The Hall–Kier alpha value is -1.40. The summed E-state index contributed by atoms with van der Waals surface area (Å²) in [6.07, 6.45) is 2.50. The van der Waals surface area contributed by atoms with Gasteiger partial charge in [0.05, 0.1) is 12.8 Å². The second-order valence-electron chi connectivity index (χ2n) is 4.98. The molecule has 0 aliphatic carbocycles. The van der Waals surface area contributed by atoms with E-state index in [1.807, 2.05) is 10.9 Å². The number of amides is 1. The molecule has 0 unspecified atom stereocenters. The molecule has 0 radical (unpaired) electrons. The lowest BCUT2D eigenvalue weighted by molar-refractivity contribution is -0.135. The summed E-state index contributed by atoms with van der Waals surface area (Å²) in [6, 6.07) is 0. The van der Waals surface area contributed by atoms with Gasteiger partial charge in [-0.05, 0) is 13.3 Å². The number of nitrogens with two attached hydrogens (primary N) is 1. The van der Waals surface area contributed by atoms with Gasteiger partial charge in [0, 0.05) is 37.4 Å². The molecule has 6 heteroatoms. The van der Waals surface area contributed by atoms with Crippen LogP contribution < -0.4 is 5.73 Å². The minimum absolute atomic E-state index is 0.386. The van der Waals surface area contributed by atoms with Crippen molar-refractivity contribution < 1.29 is 9.53 Å². The van der Waals surface area contributed by atoms with Gasteiger partial charge in [0.2, 0.25) is 5.91 Å². The van der Waals surface area contributed by atoms with E-state index in [9.17, 15) is 4.79 Å². The van der Waals surface area contributed by atoms with Crippen LogP contribution in [0.25, 0.3) is 0 Å². The molecule has 2 heterocycles. The Bertz CT molecular complexity index is 444. The molecule has 0 saturated carbocycles. The SMILES string of the molecule is CCCn1ncc(CN2CCO[C@H](C(N)=O)C2)c1C. The van der Waals surface area contributed by atoms with Crippen LogP contribution in [-0.2, 0) is 22.6 Å². The van der Waals surface area contributed by atoms with E-state index >= 15 is 0 Å². The fourth-order valence-electron chi connectivity index (χ4n) is 2.34. The summed E-state index contributed by atoms with van der Waals surface area (Å²) in [5.74, 6) is -0.386. The second-order valence-corrected chi connectivity index (χ2v) is 4.98. The maximum absolute atomic E-state index is 11.2. The summed E-state index contributed by atoms with van der Waals surface area (Å²) >= 11 is 0. The highest BCUT2D eigenvalue weighted by Crippen LogP contribution is 2.14. The van der Waals surface area contributed by atoms with Crippen LogP contribution in [-0.4, -0.2) is 46.4 Å². The first-order valence-corrected chi connectivity index (χ1v) is 6.76. The van der Waals surface area contributed by atoms with Gasteiger partial charge in [-0.25, -0.2) is 0 Å². The van der Waals surface area contributed by atoms with Gasteiger partial charge in [-0.1, -0.05) is 6.92 Å². The monoisotopic (exact) mass is 266 g/mol. The number of morpholine rings is 1. The summed E-state index contributed by atoms with van der Waals surface area (Å²) in [4.78, 5) is 13.4. The lowest BCUT2D eigenvalue weighted by atomic mass is 10.2. The van der Waals surface area contributed by atoms with Crippen LogP contribution >= 0.6 is 0 Å². The van der Waals surface area contributed by atoms with Crippen LogP contribution in [0.15, 0.2) is 6.20 Å². The van der Waals surface area contributed by atoms with Crippen LogP contribution in [0, 0.1) is 6.92 Å². The third-order valence-electron chi connectivity index (χ3n) is 3.50. The molecule has 1 aliphatic rings. The predicted molar refractivity (Wildman–Crippen MR) is 71.5 cm³/mol. The average Bonchev–Trinajstić information content (AvgIpc) is 2.72. The van der Waals surface area contributed by atoms with Crippen molar-refractivity contribution in [1.82, 2.24) is 14.7 Å². The zero-order valence-corrected chi connectivity index (χ0v) is 11.6. The zero-order chi connectivity index (χ0) is 13.8. The van der Waals surface area contributed by atoms with Crippen molar-refractivity contribution >= 4 is 5.91 Å². The second kappa shape index (κ2) is 6.16. The normalized spacial score (nSPS) is 20.6. The minimum atomic E-state index is -0.486. The lowest BCUT2D eigenvalue weighted by Gasteiger charge is -2.31. The molecular formula is C13H22N4O2. The number of rotatable bonds is 5. The fourth-order valence-corrected chi connectivity index (χ4v) is 2.34. The highest BCUT2D eigenvalue weighted by molar-refractivity contribution is 5.79. The topological polar surface area (TPSA) is 73.4 Å². The standard InChI is InChI=1S/C13H22N4O2/c1-3-4-17-10(2)11(7-15-17)8-16-5-6-19-12(9-16)13(14)18/h7,12H,3-6,8-9H2,1-2H3,(H2,14,18)/t12-/m0/s1. The molecule has 6 nitrogen and oxygen atoms in total. The Kier molecular flexibility index (Phi) is 4.55. The van der Waals surface area contributed by atoms with Gasteiger partial charge in [-0.15, -0.1) is 0 Å². The fraction of sp³-hybridized carbons (Fsp3) is 0.692. The van der Waals surface area contributed by atoms with E-state index in [1.165, 1.54) is 11.3 Å². The first kappa shape index (κ1) is 14.0. The van der Waals surface area contributed by atoms with Gasteiger partial charge >= 0.3 is 0 Å². The van der Waals surface area contributed by atoms with Crippen LogP contribution in [0.2, 0.25) is 0 Å². The molecule has 106 valence electrons. The number of ether oxygens (including phenoxy) is 1. The highest BCUT2D eigenvalue weighted by atomic mass is 16.5. The minimum Gasteiger partial charge on any atom is -0.367 e. The smallest absolute Gasteiger partial charge is 0.247 e. The third kappa shape index (κ3) is 3.33. The number of nitrogens with zero attached hydrogens (tertiary/aromatic N) is 3. The largest absolute Gasteiger partial charge is 0.367 e. The van der Waals surface area contributed by atoms with Crippen LogP contribution in [0.5, 0.6) is 0 Å². The molecule has 1 amide bonds. The van der Waals surface area contributed by atoms with E-state index in [0.29, 0.717) is 13.2 Å². The summed E-state index contributed by atoms with van der Waals surface area (Å²) in [6.45, 7) is 7.90. The van der Waals surface area contributed by atoms with Gasteiger partial charge in [-0.3, -0.25) is 14.4 Å². The first-order valence-electron chi connectivity index (χ1n) is 6.76. The van der Waals surface area contributed by atoms with Crippen LogP contribution in [0.3, 0.4) is 0 Å². The highest BCUT2D eigenvalue weighted by Gasteiger charge is 2.25. The number of aryl methyl sites for hydroxylation is 1. The van der Waals surface area contributed by atoms with E-state index in [1.54, 1.807) is 0 Å². The number of carbonyl (C=O) groups excluding carboxylic acids is 1. The van der Waals surface area contributed by atoms with Crippen molar-refractivity contribution in [2.75, 3.05) is 19.7 Å². The molecule has 1 aliphatic heterocycles. The van der Waals surface area contributed by atoms with Crippen molar-refractivity contribution in [2.24, 2.45) is 5.73 Å². The van der Waals surface area contributed by atoms with Crippen molar-refractivity contribution in [3.8, 4) is 0 Å². The van der Waals surface area contributed by atoms with Crippen LogP contribution in [0.1, 0.15) is 24.6 Å². The summed E-state index contributed by atoms with van der Waals surface area (Å²) < 4.78 is 7.37. The molecule has 19 heavy (non-hydrogen) atoms. The Morgan fingerprint density at radius 2 is 2.42 bits per heavy atom. The summed E-state index contributed by atoms with van der Waals surface area (Å²) in [5, 5.41) is 4.39. The van der Waals surface area contributed by atoms with Crippen molar-refractivity contribution in [2.45, 2.75) is 39.5 Å². The molecule has 1 atom stereocenters. The number of primary amides is 1. The van der Waals surface area contributed by atoms with Gasteiger partial charge < -0.3 is 10.5 Å². The molecule has 0 bridgehead atoms. The van der Waals surface area contributed by atoms with Gasteiger partial charge in [-0.2, -0.15) is 5.10 Å². The van der Waals surface area contributed by atoms with Gasteiger partial charge in [0.1, 0.15) is 6.10 Å². The molecule has 2 N–H and O–H groups in total. The first-order chi connectivity index (χ1) is 9.11. The number of aromatic nitrogens is 2. The van der Waals surface area contributed by atoms with Crippen LogP contribution in [0.4, 0.5) is 0 Å². The number of hydrogen-bond donors (Lipinski definition) is 1. The molecule has 1 saturated heterocycles. The summed E-state index contributed by atoms with van der Waals surface area (Å²) in [7, 11) is 0.